The number of methoxy groups -OCH3 is 2. The SMILES string of the molecule is COc1cc(/C=N/Nc2nc(-c3ccc(C)cc3)cs2)ccc1OC(=O)c1ccccc1OC. The van der Waals surface area contributed by atoms with Crippen LogP contribution in [0.15, 0.2) is 77.2 Å². The second-order valence-corrected chi connectivity index (χ2v) is 8.13. The van der Waals surface area contributed by atoms with Gasteiger partial charge in [-0.05, 0) is 42.8 Å². The van der Waals surface area contributed by atoms with Gasteiger partial charge in [-0.3, -0.25) is 5.43 Å². The number of anilines is 1. The summed E-state index contributed by atoms with van der Waals surface area (Å²) in [5.74, 6) is 0.607. The highest BCUT2D eigenvalue weighted by atomic mass is 32.1. The Kier molecular flexibility index (Phi) is 7.19. The Labute approximate surface area is 201 Å². The first kappa shape index (κ1) is 23.0. The number of aromatic nitrogens is 1. The molecule has 3 aromatic carbocycles. The maximum Gasteiger partial charge on any atom is 0.347 e. The van der Waals surface area contributed by atoms with Gasteiger partial charge in [-0.15, -0.1) is 11.3 Å². The summed E-state index contributed by atoms with van der Waals surface area (Å²) in [5.41, 5.74) is 7.20. The molecule has 0 radical (unpaired) electrons. The largest absolute Gasteiger partial charge is 0.496 e. The van der Waals surface area contributed by atoms with Crippen molar-refractivity contribution >= 4 is 28.7 Å². The summed E-state index contributed by atoms with van der Waals surface area (Å²) >= 11 is 1.47. The molecule has 0 bridgehead atoms. The van der Waals surface area contributed by atoms with E-state index in [1.807, 2.05) is 17.5 Å². The fourth-order valence-electron chi connectivity index (χ4n) is 3.16. The summed E-state index contributed by atoms with van der Waals surface area (Å²) in [6.07, 6.45) is 1.64. The van der Waals surface area contributed by atoms with Crippen LogP contribution in [0.5, 0.6) is 17.2 Å². The fourth-order valence-corrected chi connectivity index (χ4v) is 3.83. The standard InChI is InChI=1S/C26H23N3O4S/c1-17-8-11-19(12-9-17)21-16-34-26(28-21)29-27-15-18-10-13-23(24(14-18)32-3)33-25(30)20-6-4-5-7-22(20)31-2/h4-16H,1-3H3,(H,28,29)/b27-15+. The first-order valence-electron chi connectivity index (χ1n) is 10.4. The highest BCUT2D eigenvalue weighted by molar-refractivity contribution is 7.14. The van der Waals surface area contributed by atoms with E-state index in [1.54, 1.807) is 48.7 Å². The Balaban J connectivity index is 1.42. The highest BCUT2D eigenvalue weighted by Crippen LogP contribution is 2.30. The number of para-hydroxylation sites is 1. The van der Waals surface area contributed by atoms with E-state index in [2.05, 4.69) is 34.6 Å². The van der Waals surface area contributed by atoms with E-state index in [1.165, 1.54) is 31.1 Å². The van der Waals surface area contributed by atoms with E-state index >= 15 is 0 Å². The Morgan fingerprint density at radius 1 is 0.971 bits per heavy atom. The van der Waals surface area contributed by atoms with Crippen LogP contribution in [0.3, 0.4) is 0 Å². The lowest BCUT2D eigenvalue weighted by Crippen LogP contribution is -2.10. The Bertz CT molecular complexity index is 1320. The van der Waals surface area contributed by atoms with Crippen molar-refractivity contribution in [3.8, 4) is 28.5 Å². The van der Waals surface area contributed by atoms with Gasteiger partial charge in [0, 0.05) is 10.9 Å². The first-order valence-corrected chi connectivity index (χ1v) is 11.3. The molecule has 0 unspecified atom stereocenters. The molecule has 1 aromatic heterocycles. The number of aryl methyl sites for hydroxylation is 1. The molecule has 4 rings (SSSR count). The predicted octanol–water partition coefficient (Wildman–Crippen LogP) is 5.80. The van der Waals surface area contributed by atoms with Gasteiger partial charge in [-0.1, -0.05) is 42.0 Å². The Morgan fingerprint density at radius 2 is 1.74 bits per heavy atom. The first-order chi connectivity index (χ1) is 16.6. The number of esters is 1. The number of carbonyl (C=O) groups is 1. The molecule has 0 atom stereocenters. The van der Waals surface area contributed by atoms with Crippen molar-refractivity contribution in [1.82, 2.24) is 4.98 Å². The summed E-state index contributed by atoms with van der Waals surface area (Å²) < 4.78 is 16.2. The lowest BCUT2D eigenvalue weighted by atomic mass is 10.1. The van der Waals surface area contributed by atoms with E-state index in [0.717, 1.165) is 16.8 Å². The lowest BCUT2D eigenvalue weighted by Gasteiger charge is -2.11. The third-order valence-electron chi connectivity index (χ3n) is 4.94. The van der Waals surface area contributed by atoms with Crippen LogP contribution in [-0.2, 0) is 0 Å². The van der Waals surface area contributed by atoms with Crippen LogP contribution in [0.2, 0.25) is 0 Å². The number of ether oxygens (including phenoxy) is 3. The number of thiazole rings is 1. The number of rotatable bonds is 8. The normalized spacial score (nSPS) is 10.8. The number of hydrogen-bond acceptors (Lipinski definition) is 8. The topological polar surface area (TPSA) is 82.0 Å². The van der Waals surface area contributed by atoms with E-state index in [4.69, 9.17) is 14.2 Å². The Hall–Kier alpha value is -4.17. The van der Waals surface area contributed by atoms with E-state index in [9.17, 15) is 4.79 Å². The summed E-state index contributed by atoms with van der Waals surface area (Å²) in [6.45, 7) is 2.05. The second-order valence-electron chi connectivity index (χ2n) is 7.27. The minimum atomic E-state index is -0.535. The molecule has 7 nitrogen and oxygen atoms in total. The number of carbonyl (C=O) groups excluding carboxylic acids is 1. The van der Waals surface area contributed by atoms with Crippen molar-refractivity contribution < 1.29 is 19.0 Å². The maximum absolute atomic E-state index is 12.6. The monoisotopic (exact) mass is 473 g/mol. The number of benzene rings is 3. The molecule has 0 aliphatic rings. The molecule has 1 N–H and O–H groups in total. The van der Waals surface area contributed by atoms with Crippen LogP contribution in [-0.4, -0.2) is 31.4 Å². The molecule has 8 heteroatoms. The quantitative estimate of drug-likeness (QED) is 0.151. The average Bonchev–Trinajstić information content (AvgIpc) is 3.34. The summed E-state index contributed by atoms with van der Waals surface area (Å²) in [4.78, 5) is 17.2. The lowest BCUT2D eigenvalue weighted by molar-refractivity contribution is 0.0726. The van der Waals surface area contributed by atoms with E-state index in [-0.39, 0.29) is 0 Å². The van der Waals surface area contributed by atoms with Crippen molar-refractivity contribution in [3.05, 3.63) is 88.8 Å². The molecular formula is C26H23N3O4S. The van der Waals surface area contributed by atoms with Crippen LogP contribution in [0.1, 0.15) is 21.5 Å². The molecule has 0 aliphatic carbocycles. The zero-order valence-corrected chi connectivity index (χ0v) is 19.8. The maximum atomic E-state index is 12.6. The van der Waals surface area contributed by atoms with Crippen LogP contribution in [0.4, 0.5) is 5.13 Å². The summed E-state index contributed by atoms with van der Waals surface area (Å²) in [6, 6.07) is 20.3. The third kappa shape index (κ3) is 5.41. The predicted molar refractivity (Wildman–Crippen MR) is 134 cm³/mol. The molecule has 0 saturated carbocycles. The van der Waals surface area contributed by atoms with Gasteiger partial charge >= 0.3 is 5.97 Å². The number of hydrazone groups is 1. The van der Waals surface area contributed by atoms with Gasteiger partial charge in [-0.25, -0.2) is 9.78 Å². The number of nitrogens with zero attached hydrogens (tertiary/aromatic N) is 2. The smallest absolute Gasteiger partial charge is 0.347 e. The molecular weight excluding hydrogens is 450 g/mol. The average molecular weight is 474 g/mol. The van der Waals surface area contributed by atoms with Gasteiger partial charge in [0.2, 0.25) is 5.13 Å². The van der Waals surface area contributed by atoms with Gasteiger partial charge < -0.3 is 14.2 Å². The molecule has 0 spiro atoms. The number of hydrogen-bond donors (Lipinski definition) is 1. The van der Waals surface area contributed by atoms with E-state index < -0.39 is 5.97 Å². The minimum Gasteiger partial charge on any atom is -0.496 e. The third-order valence-corrected chi connectivity index (χ3v) is 5.69. The van der Waals surface area contributed by atoms with Gasteiger partial charge in [0.15, 0.2) is 11.5 Å². The summed E-state index contributed by atoms with van der Waals surface area (Å²) in [5, 5.41) is 6.93. The minimum absolute atomic E-state index is 0.297. The van der Waals surface area contributed by atoms with Crippen LogP contribution >= 0.6 is 11.3 Å². The van der Waals surface area contributed by atoms with Crippen molar-refractivity contribution in [3.63, 3.8) is 0 Å². The van der Waals surface area contributed by atoms with Gasteiger partial charge in [-0.2, -0.15) is 5.10 Å². The molecule has 0 fully saturated rings. The molecule has 0 aliphatic heterocycles. The van der Waals surface area contributed by atoms with Crippen LogP contribution in [0, 0.1) is 6.92 Å². The molecule has 4 aromatic rings. The van der Waals surface area contributed by atoms with Gasteiger partial charge in [0.25, 0.3) is 0 Å². The molecule has 0 amide bonds. The Morgan fingerprint density at radius 3 is 2.50 bits per heavy atom. The van der Waals surface area contributed by atoms with Crippen molar-refractivity contribution in [2.24, 2.45) is 5.10 Å². The molecule has 34 heavy (non-hydrogen) atoms. The fraction of sp³-hybridized carbons (Fsp3) is 0.115. The molecule has 172 valence electrons. The van der Waals surface area contributed by atoms with Gasteiger partial charge in [0.1, 0.15) is 11.3 Å². The number of nitrogens with one attached hydrogen (secondary N) is 1. The molecule has 1 heterocycles. The highest BCUT2D eigenvalue weighted by Gasteiger charge is 2.16. The van der Waals surface area contributed by atoms with Gasteiger partial charge in [0.05, 0.1) is 26.1 Å². The van der Waals surface area contributed by atoms with Crippen LogP contribution in [0.25, 0.3) is 11.3 Å². The van der Waals surface area contributed by atoms with Crippen molar-refractivity contribution in [2.45, 2.75) is 6.92 Å². The van der Waals surface area contributed by atoms with Crippen molar-refractivity contribution in [1.29, 1.82) is 0 Å². The van der Waals surface area contributed by atoms with E-state index in [0.29, 0.717) is 27.9 Å². The zero-order chi connectivity index (χ0) is 23.9. The van der Waals surface area contributed by atoms with Crippen molar-refractivity contribution in [2.75, 3.05) is 19.6 Å². The zero-order valence-electron chi connectivity index (χ0n) is 18.9. The second kappa shape index (κ2) is 10.6. The molecule has 0 saturated heterocycles. The van der Waals surface area contributed by atoms with Crippen LogP contribution < -0.4 is 19.6 Å². The summed E-state index contributed by atoms with van der Waals surface area (Å²) in [7, 11) is 3.01.